The Bertz CT molecular complexity index is 693. The zero-order valence-corrected chi connectivity index (χ0v) is 17.8. The van der Waals surface area contributed by atoms with E-state index in [1.54, 1.807) is 22.9 Å². The summed E-state index contributed by atoms with van der Waals surface area (Å²) < 4.78 is 6.89. The van der Waals surface area contributed by atoms with Crippen LogP contribution in [0.15, 0.2) is 36.7 Å². The largest absolute Gasteiger partial charge is 0.383 e. The fraction of sp³-hybridized carbons (Fsp3) is 0.526. The lowest BCUT2D eigenvalue weighted by molar-refractivity contribution is -0.133. The smallest absolute Gasteiger partial charge is 0.244 e. The molecule has 0 bridgehead atoms. The Morgan fingerprint density at radius 3 is 2.89 bits per heavy atom. The summed E-state index contributed by atoms with van der Waals surface area (Å²) in [6.07, 6.45) is 5.96. The Morgan fingerprint density at radius 1 is 1.36 bits per heavy atom. The number of amides is 1. The minimum Gasteiger partial charge on any atom is -0.383 e. The number of halogens is 2. The van der Waals surface area contributed by atoms with Crippen molar-refractivity contribution in [3.63, 3.8) is 0 Å². The van der Waals surface area contributed by atoms with E-state index in [9.17, 15) is 4.79 Å². The Morgan fingerprint density at radius 2 is 2.21 bits per heavy atom. The van der Waals surface area contributed by atoms with Crippen LogP contribution in [0.3, 0.4) is 0 Å². The van der Waals surface area contributed by atoms with E-state index in [1.807, 2.05) is 30.5 Å². The number of hydrogen-bond donors (Lipinski definition) is 1. The number of ether oxygens (including phenoxy) is 1. The minimum absolute atomic E-state index is 0. The molecule has 0 radical (unpaired) electrons. The molecule has 1 N–H and O–H groups in total. The Kier molecular flexibility index (Phi) is 11.1. The average molecular weight is 430 g/mol. The highest BCUT2D eigenvalue weighted by Crippen LogP contribution is 2.21. The molecule has 0 saturated carbocycles. The summed E-state index contributed by atoms with van der Waals surface area (Å²) in [4.78, 5) is 18.9. The van der Waals surface area contributed by atoms with Gasteiger partial charge in [0.05, 0.1) is 24.5 Å². The Balaban J connectivity index is 0.00000196. The van der Waals surface area contributed by atoms with Gasteiger partial charge in [0, 0.05) is 38.5 Å². The van der Waals surface area contributed by atoms with Crippen molar-refractivity contribution < 1.29 is 9.53 Å². The third kappa shape index (κ3) is 7.05. The average Bonchev–Trinajstić information content (AvgIpc) is 3.15. The summed E-state index contributed by atoms with van der Waals surface area (Å²) >= 11 is 0. The number of carbonyl (C=O) groups is 1. The number of methoxy groups -OCH3 is 1. The molecule has 2 aromatic heterocycles. The molecule has 0 spiro atoms. The minimum atomic E-state index is 0. The van der Waals surface area contributed by atoms with Crippen molar-refractivity contribution in [2.45, 2.75) is 31.8 Å². The van der Waals surface area contributed by atoms with E-state index >= 15 is 0 Å². The number of hydrogen-bond acceptors (Lipinski definition) is 5. The van der Waals surface area contributed by atoms with Crippen LogP contribution in [0.2, 0.25) is 0 Å². The molecule has 1 saturated heterocycles. The monoisotopic (exact) mass is 429 g/mol. The summed E-state index contributed by atoms with van der Waals surface area (Å²) in [6, 6.07) is 7.76. The molecule has 3 heterocycles. The first kappa shape index (κ1) is 24.4. The van der Waals surface area contributed by atoms with Gasteiger partial charge in [0.1, 0.15) is 6.54 Å². The second kappa shape index (κ2) is 12.7. The van der Waals surface area contributed by atoms with Gasteiger partial charge in [-0.15, -0.1) is 24.8 Å². The molecule has 1 aliphatic heterocycles. The highest BCUT2D eigenvalue weighted by molar-refractivity contribution is 5.85. The molecule has 1 unspecified atom stereocenters. The van der Waals surface area contributed by atoms with Crippen LogP contribution < -0.4 is 5.32 Å². The number of piperidine rings is 1. The van der Waals surface area contributed by atoms with Gasteiger partial charge in [-0.2, -0.15) is 5.10 Å². The summed E-state index contributed by atoms with van der Waals surface area (Å²) in [7, 11) is 1.64. The van der Waals surface area contributed by atoms with Gasteiger partial charge in [0.15, 0.2) is 0 Å². The topological polar surface area (TPSA) is 72.3 Å². The zero-order chi connectivity index (χ0) is 18.2. The van der Waals surface area contributed by atoms with Gasteiger partial charge >= 0.3 is 0 Å². The van der Waals surface area contributed by atoms with Crippen LogP contribution in [0.25, 0.3) is 0 Å². The lowest BCUT2D eigenvalue weighted by Crippen LogP contribution is -2.36. The van der Waals surface area contributed by atoms with E-state index < -0.39 is 0 Å². The van der Waals surface area contributed by atoms with Gasteiger partial charge in [0.25, 0.3) is 0 Å². The second-order valence-electron chi connectivity index (χ2n) is 6.61. The predicted molar refractivity (Wildman–Crippen MR) is 113 cm³/mol. The van der Waals surface area contributed by atoms with Crippen molar-refractivity contribution in [3.05, 3.63) is 48.0 Å². The molecule has 1 amide bonds. The molecule has 156 valence electrons. The highest BCUT2D eigenvalue weighted by atomic mass is 35.5. The van der Waals surface area contributed by atoms with Crippen molar-refractivity contribution in [2.75, 3.05) is 33.4 Å². The molecule has 3 rings (SSSR count). The maximum atomic E-state index is 12.8. The van der Waals surface area contributed by atoms with E-state index in [0.29, 0.717) is 25.6 Å². The Labute approximate surface area is 178 Å². The lowest BCUT2D eigenvalue weighted by atomic mass is 9.97. The summed E-state index contributed by atoms with van der Waals surface area (Å²) in [5, 5.41) is 8.03. The van der Waals surface area contributed by atoms with Crippen LogP contribution in [0.1, 0.15) is 30.1 Å². The van der Waals surface area contributed by atoms with Crippen LogP contribution in [-0.2, 0) is 22.6 Å². The van der Waals surface area contributed by atoms with Crippen LogP contribution in [0.4, 0.5) is 0 Å². The first-order valence-corrected chi connectivity index (χ1v) is 9.17. The van der Waals surface area contributed by atoms with Crippen LogP contribution >= 0.6 is 24.8 Å². The van der Waals surface area contributed by atoms with Gasteiger partial charge < -0.3 is 15.0 Å². The van der Waals surface area contributed by atoms with Crippen molar-refractivity contribution in [2.24, 2.45) is 0 Å². The summed E-state index contributed by atoms with van der Waals surface area (Å²) in [5.74, 6) is 0.460. The van der Waals surface area contributed by atoms with Crippen molar-refractivity contribution in [1.82, 2.24) is 25.0 Å². The van der Waals surface area contributed by atoms with Crippen molar-refractivity contribution >= 4 is 30.7 Å². The van der Waals surface area contributed by atoms with E-state index in [1.165, 1.54) is 6.42 Å². The number of nitrogens with one attached hydrogen (secondary N) is 1. The molecular formula is C19H29Cl2N5O2. The quantitative estimate of drug-likeness (QED) is 0.696. The number of carbonyl (C=O) groups excluding carboxylic acids is 1. The molecule has 2 aromatic rings. The molecule has 1 fully saturated rings. The number of pyridine rings is 1. The van der Waals surface area contributed by atoms with Crippen molar-refractivity contribution in [1.29, 1.82) is 0 Å². The third-order valence-corrected chi connectivity index (χ3v) is 4.67. The summed E-state index contributed by atoms with van der Waals surface area (Å²) in [6.45, 7) is 3.78. The van der Waals surface area contributed by atoms with Crippen molar-refractivity contribution in [3.8, 4) is 0 Å². The second-order valence-corrected chi connectivity index (χ2v) is 6.61. The van der Waals surface area contributed by atoms with Gasteiger partial charge in [-0.25, -0.2) is 0 Å². The molecular weight excluding hydrogens is 401 g/mol. The third-order valence-electron chi connectivity index (χ3n) is 4.67. The molecule has 9 heteroatoms. The van der Waals surface area contributed by atoms with E-state index in [4.69, 9.17) is 4.74 Å². The number of nitrogens with zero attached hydrogens (tertiary/aromatic N) is 4. The highest BCUT2D eigenvalue weighted by Gasteiger charge is 2.19. The van der Waals surface area contributed by atoms with E-state index in [0.717, 1.165) is 30.9 Å². The fourth-order valence-corrected chi connectivity index (χ4v) is 3.21. The molecule has 1 aliphatic rings. The zero-order valence-electron chi connectivity index (χ0n) is 16.1. The van der Waals surface area contributed by atoms with E-state index in [-0.39, 0.29) is 37.3 Å². The lowest BCUT2D eigenvalue weighted by Gasteiger charge is -2.22. The normalized spacial score (nSPS) is 16.0. The maximum Gasteiger partial charge on any atom is 0.244 e. The maximum absolute atomic E-state index is 12.8. The van der Waals surface area contributed by atoms with Crippen LogP contribution in [0, 0.1) is 0 Å². The standard InChI is InChI=1S/C19H27N5O2.2ClH/c1-26-12-11-23(14-17-6-2-3-9-21-17)19(25)15-24-10-7-18(22-24)16-5-4-8-20-13-16;;/h2-3,6-7,9-10,16,20H,4-5,8,11-15H2,1H3;2*1H. The van der Waals surface area contributed by atoms with Gasteiger partial charge in [-0.1, -0.05) is 6.07 Å². The molecule has 0 aromatic carbocycles. The first-order chi connectivity index (χ1) is 12.8. The first-order valence-electron chi connectivity index (χ1n) is 9.17. The fourth-order valence-electron chi connectivity index (χ4n) is 3.21. The predicted octanol–water partition coefficient (Wildman–Crippen LogP) is 2.26. The SMILES string of the molecule is COCCN(Cc1ccccn1)C(=O)Cn1ccc(C2CCCNC2)n1.Cl.Cl. The Hall–Kier alpha value is -1.67. The van der Waals surface area contributed by atoms with Gasteiger partial charge in [-0.3, -0.25) is 14.5 Å². The number of aromatic nitrogens is 3. The molecule has 28 heavy (non-hydrogen) atoms. The summed E-state index contributed by atoms with van der Waals surface area (Å²) in [5.41, 5.74) is 1.93. The van der Waals surface area contributed by atoms with Gasteiger partial charge in [-0.05, 0) is 37.6 Å². The van der Waals surface area contributed by atoms with Gasteiger partial charge in [0.2, 0.25) is 5.91 Å². The molecule has 7 nitrogen and oxygen atoms in total. The number of rotatable bonds is 8. The van der Waals surface area contributed by atoms with Crippen LogP contribution in [-0.4, -0.2) is 58.9 Å². The van der Waals surface area contributed by atoms with Crippen LogP contribution in [0.5, 0.6) is 0 Å². The molecule has 1 atom stereocenters. The molecule has 0 aliphatic carbocycles. The van der Waals surface area contributed by atoms with E-state index in [2.05, 4.69) is 15.4 Å².